The van der Waals surface area contributed by atoms with Gasteiger partial charge in [-0.3, -0.25) is 9.59 Å². The van der Waals surface area contributed by atoms with E-state index in [2.05, 4.69) is 10.6 Å². The first-order chi connectivity index (χ1) is 12.3. The van der Waals surface area contributed by atoms with Crippen molar-refractivity contribution in [3.63, 3.8) is 0 Å². The first-order valence-corrected chi connectivity index (χ1v) is 8.72. The fraction of sp³-hybridized carbons (Fsp3) is 0.300. The lowest BCUT2D eigenvalue weighted by Gasteiger charge is -2.22. The Balaban J connectivity index is 1.82. The second-order valence-corrected chi connectivity index (χ2v) is 7.00. The number of hydrogen-bond donors (Lipinski definition) is 2. The van der Waals surface area contributed by atoms with Crippen molar-refractivity contribution < 1.29 is 14.0 Å². The van der Waals surface area contributed by atoms with E-state index in [0.29, 0.717) is 18.0 Å². The summed E-state index contributed by atoms with van der Waals surface area (Å²) in [5, 5.41) is 6.17. The standard InChI is InChI=1S/C20H22ClFN2O2/c1-20(2,19(26)24-13-15-5-9-17(22)10-6-15)18(25)23-12-11-14-3-7-16(21)8-4-14/h3-10H,11-13H2,1-2H3,(H,23,25)(H,24,26). The van der Waals surface area contributed by atoms with Gasteiger partial charge < -0.3 is 10.6 Å². The smallest absolute Gasteiger partial charge is 0.235 e. The summed E-state index contributed by atoms with van der Waals surface area (Å²) < 4.78 is 12.9. The van der Waals surface area contributed by atoms with Crippen molar-refractivity contribution in [3.05, 3.63) is 70.5 Å². The SMILES string of the molecule is CC(C)(C(=O)NCCc1ccc(Cl)cc1)C(=O)NCc1ccc(F)cc1. The maximum Gasteiger partial charge on any atom is 0.235 e. The predicted octanol–water partition coefficient (Wildman–Crippen LogP) is 3.48. The normalized spacial score (nSPS) is 11.1. The Kier molecular flexibility index (Phi) is 6.75. The van der Waals surface area contributed by atoms with Gasteiger partial charge in [0.1, 0.15) is 11.2 Å². The van der Waals surface area contributed by atoms with Crippen molar-refractivity contribution in [3.8, 4) is 0 Å². The van der Waals surface area contributed by atoms with E-state index >= 15 is 0 Å². The van der Waals surface area contributed by atoms with E-state index in [-0.39, 0.29) is 24.2 Å². The van der Waals surface area contributed by atoms with E-state index in [4.69, 9.17) is 11.6 Å². The molecule has 2 aromatic rings. The van der Waals surface area contributed by atoms with Crippen LogP contribution in [0.2, 0.25) is 5.02 Å². The Morgan fingerprint density at radius 1 is 0.923 bits per heavy atom. The summed E-state index contributed by atoms with van der Waals surface area (Å²) in [5.74, 6) is -1.06. The maximum absolute atomic E-state index is 12.9. The first-order valence-electron chi connectivity index (χ1n) is 8.34. The molecule has 2 amide bonds. The Labute approximate surface area is 157 Å². The summed E-state index contributed by atoms with van der Waals surface area (Å²) in [7, 11) is 0. The molecule has 4 nitrogen and oxygen atoms in total. The van der Waals surface area contributed by atoms with Gasteiger partial charge in [0.15, 0.2) is 0 Å². The van der Waals surface area contributed by atoms with Crippen LogP contribution < -0.4 is 10.6 Å². The lowest BCUT2D eigenvalue weighted by Crippen LogP contribution is -2.48. The number of rotatable bonds is 7. The molecule has 0 spiro atoms. The van der Waals surface area contributed by atoms with Crippen molar-refractivity contribution in [2.75, 3.05) is 6.54 Å². The highest BCUT2D eigenvalue weighted by atomic mass is 35.5. The summed E-state index contributed by atoms with van der Waals surface area (Å²) in [6.07, 6.45) is 0.649. The van der Waals surface area contributed by atoms with Gasteiger partial charge in [0.25, 0.3) is 0 Å². The zero-order chi connectivity index (χ0) is 19.2. The second-order valence-electron chi connectivity index (χ2n) is 6.57. The molecule has 0 saturated heterocycles. The van der Waals surface area contributed by atoms with Gasteiger partial charge in [-0.05, 0) is 55.7 Å². The lowest BCUT2D eigenvalue weighted by molar-refractivity contribution is -0.141. The highest BCUT2D eigenvalue weighted by Gasteiger charge is 2.35. The average Bonchev–Trinajstić information content (AvgIpc) is 2.62. The second kappa shape index (κ2) is 8.81. The summed E-state index contributed by atoms with van der Waals surface area (Å²) in [6, 6.07) is 13.2. The Morgan fingerprint density at radius 3 is 2.08 bits per heavy atom. The van der Waals surface area contributed by atoms with Gasteiger partial charge in [0.05, 0.1) is 0 Å². The zero-order valence-electron chi connectivity index (χ0n) is 14.8. The van der Waals surface area contributed by atoms with Gasteiger partial charge in [0.2, 0.25) is 11.8 Å². The summed E-state index contributed by atoms with van der Waals surface area (Å²) >= 11 is 5.84. The molecule has 0 aliphatic carbocycles. The molecule has 0 radical (unpaired) electrons. The Morgan fingerprint density at radius 2 is 1.46 bits per heavy atom. The zero-order valence-corrected chi connectivity index (χ0v) is 15.6. The Bertz CT molecular complexity index is 758. The van der Waals surface area contributed by atoms with Crippen molar-refractivity contribution >= 4 is 23.4 Å². The van der Waals surface area contributed by atoms with Gasteiger partial charge in [-0.1, -0.05) is 35.9 Å². The van der Waals surface area contributed by atoms with E-state index in [9.17, 15) is 14.0 Å². The molecular weight excluding hydrogens is 355 g/mol. The minimum atomic E-state index is -1.21. The van der Waals surface area contributed by atoms with Crippen molar-refractivity contribution in [1.82, 2.24) is 10.6 Å². The minimum absolute atomic E-state index is 0.237. The highest BCUT2D eigenvalue weighted by Crippen LogP contribution is 2.16. The fourth-order valence-electron chi connectivity index (χ4n) is 2.30. The van der Waals surface area contributed by atoms with Crippen LogP contribution >= 0.6 is 11.6 Å². The van der Waals surface area contributed by atoms with Crippen LogP contribution in [0.4, 0.5) is 4.39 Å². The number of carbonyl (C=O) groups excluding carboxylic acids is 2. The summed E-state index contributed by atoms with van der Waals surface area (Å²) in [5.41, 5.74) is 0.604. The van der Waals surface area contributed by atoms with E-state index < -0.39 is 5.41 Å². The van der Waals surface area contributed by atoms with Crippen molar-refractivity contribution in [2.45, 2.75) is 26.8 Å². The molecule has 6 heteroatoms. The molecule has 2 aromatic carbocycles. The van der Waals surface area contributed by atoms with Gasteiger partial charge in [-0.15, -0.1) is 0 Å². The molecular formula is C20H22ClFN2O2. The van der Waals surface area contributed by atoms with Crippen LogP contribution in [0.15, 0.2) is 48.5 Å². The molecule has 0 heterocycles. The van der Waals surface area contributed by atoms with Crippen LogP contribution in [0.5, 0.6) is 0 Å². The topological polar surface area (TPSA) is 58.2 Å². The quantitative estimate of drug-likeness (QED) is 0.727. The van der Waals surface area contributed by atoms with Gasteiger partial charge in [-0.2, -0.15) is 0 Å². The largest absolute Gasteiger partial charge is 0.355 e. The number of nitrogens with one attached hydrogen (secondary N) is 2. The van der Waals surface area contributed by atoms with Gasteiger partial charge >= 0.3 is 0 Å². The van der Waals surface area contributed by atoms with Crippen LogP contribution in [0.1, 0.15) is 25.0 Å². The highest BCUT2D eigenvalue weighted by molar-refractivity contribution is 6.30. The lowest BCUT2D eigenvalue weighted by atomic mass is 9.91. The van der Waals surface area contributed by atoms with E-state index in [1.165, 1.54) is 12.1 Å². The molecule has 0 saturated carbocycles. The molecule has 0 aromatic heterocycles. The number of carbonyl (C=O) groups is 2. The van der Waals surface area contributed by atoms with Crippen LogP contribution in [0.25, 0.3) is 0 Å². The van der Waals surface area contributed by atoms with Crippen LogP contribution in [0.3, 0.4) is 0 Å². The van der Waals surface area contributed by atoms with Gasteiger partial charge in [0, 0.05) is 18.1 Å². The Hall–Kier alpha value is -2.40. The van der Waals surface area contributed by atoms with Crippen molar-refractivity contribution in [1.29, 1.82) is 0 Å². The van der Waals surface area contributed by atoms with Crippen LogP contribution in [-0.4, -0.2) is 18.4 Å². The third-order valence-corrected chi connectivity index (χ3v) is 4.37. The number of hydrogen-bond acceptors (Lipinski definition) is 2. The molecule has 2 N–H and O–H groups in total. The summed E-state index contributed by atoms with van der Waals surface area (Å²) in [4.78, 5) is 24.7. The molecule has 0 bridgehead atoms. The third-order valence-electron chi connectivity index (χ3n) is 4.11. The van der Waals surface area contributed by atoms with Crippen LogP contribution in [0, 0.1) is 11.2 Å². The van der Waals surface area contributed by atoms with E-state index in [1.807, 2.05) is 12.1 Å². The van der Waals surface area contributed by atoms with E-state index in [1.54, 1.807) is 38.1 Å². The minimum Gasteiger partial charge on any atom is -0.355 e. The maximum atomic E-state index is 12.9. The number of benzene rings is 2. The first kappa shape index (κ1) is 19.9. The molecule has 0 unspecified atom stereocenters. The number of halogens is 2. The molecule has 138 valence electrons. The molecule has 0 fully saturated rings. The molecule has 26 heavy (non-hydrogen) atoms. The summed E-state index contributed by atoms with van der Waals surface area (Å²) in [6.45, 7) is 3.81. The number of amides is 2. The monoisotopic (exact) mass is 376 g/mol. The van der Waals surface area contributed by atoms with Gasteiger partial charge in [-0.25, -0.2) is 4.39 Å². The van der Waals surface area contributed by atoms with E-state index in [0.717, 1.165) is 11.1 Å². The average molecular weight is 377 g/mol. The van der Waals surface area contributed by atoms with Crippen LogP contribution in [-0.2, 0) is 22.6 Å². The molecule has 0 aliphatic heterocycles. The molecule has 2 rings (SSSR count). The molecule has 0 aliphatic rings. The van der Waals surface area contributed by atoms with Crippen molar-refractivity contribution in [2.24, 2.45) is 5.41 Å². The third kappa shape index (κ3) is 5.56. The molecule has 0 atom stereocenters. The predicted molar refractivity (Wildman–Crippen MR) is 100 cm³/mol. The fourth-order valence-corrected chi connectivity index (χ4v) is 2.43.